The molecule has 0 aliphatic rings. The first-order valence-electron chi connectivity index (χ1n) is 0.705. The molecule has 16 valence electrons. The average molecular weight is 81.0 g/mol. The van der Waals surface area contributed by atoms with Gasteiger partial charge in [-0.3, -0.25) is 0 Å². The zero-order chi connectivity index (χ0) is 3.58. The van der Waals surface area contributed by atoms with E-state index in [1.807, 2.05) is 0 Å². The topological polar surface area (TPSA) is 3.24 Å². The summed E-state index contributed by atoms with van der Waals surface area (Å²) < 4.78 is 1.11. The molecule has 0 bridgehead atoms. The zero-order valence-corrected chi connectivity index (χ0v) is 4.02. The van der Waals surface area contributed by atoms with Gasteiger partial charge in [-0.1, -0.05) is 0 Å². The highest BCUT2D eigenvalue weighted by molar-refractivity contribution is 6.41. The van der Waals surface area contributed by atoms with Crippen LogP contribution in [0.25, 0.3) is 0 Å². The van der Waals surface area contributed by atoms with Gasteiger partial charge in [0.1, 0.15) is 20.8 Å². The van der Waals surface area contributed by atoms with Crippen molar-refractivity contribution in [2.45, 2.75) is 0 Å². The van der Waals surface area contributed by atoms with E-state index < -0.39 is 0 Å². The van der Waals surface area contributed by atoms with Gasteiger partial charge in [-0.25, -0.2) is 0 Å². The van der Waals surface area contributed by atoms with Gasteiger partial charge in [-0.05, 0) is 0 Å². The Morgan fingerprint density at radius 3 is 1.50 bits per heavy atom. The maximum atomic E-state index is 4.77. The van der Waals surface area contributed by atoms with Gasteiger partial charge in [0.25, 0.3) is 0 Å². The fourth-order valence-corrected chi connectivity index (χ4v) is 0. The summed E-state index contributed by atoms with van der Waals surface area (Å²) in [5.74, 6) is 0. The molecule has 8 radical (unpaired) electrons. The molecule has 0 unspecified atom stereocenters. The van der Waals surface area contributed by atoms with E-state index in [0.717, 1.165) is 4.14 Å². The maximum absolute atomic E-state index is 4.77. The van der Waals surface area contributed by atoms with Crippen molar-refractivity contribution < 1.29 is 0 Å². The molecular weight excluding hydrogens is 81.0 g/mol. The van der Waals surface area contributed by atoms with E-state index in [1.54, 1.807) is 0 Å². The predicted molar refractivity (Wildman–Crippen MR) is 19.1 cm³/mol. The van der Waals surface area contributed by atoms with Crippen molar-refractivity contribution >= 4 is 28.8 Å². The van der Waals surface area contributed by atoms with E-state index in [2.05, 4.69) is 20.8 Å². The van der Waals surface area contributed by atoms with Crippen molar-refractivity contribution in [2.24, 2.45) is 0 Å². The van der Waals surface area contributed by atoms with Gasteiger partial charge in [0.05, 0.1) is 0 Å². The minimum atomic E-state index is 1.11. The summed E-state index contributed by atoms with van der Waals surface area (Å²) in [5, 5.41) is 0. The molecule has 0 atom stereocenters. The van der Waals surface area contributed by atoms with E-state index in [4.69, 9.17) is 7.98 Å². The molecule has 0 amide bonds. The van der Waals surface area contributed by atoms with Gasteiger partial charge in [0.15, 0.2) is 7.98 Å². The maximum Gasteiger partial charge on any atom is 0.163 e. The third-order valence-electron chi connectivity index (χ3n) is 0. The lowest BCUT2D eigenvalue weighted by Crippen LogP contribution is -2.08. The lowest BCUT2D eigenvalue weighted by Gasteiger charge is -1.89. The molecule has 0 N–H and O–H groups in total. The standard InChI is InChI=1S/BNSi2/c1-2(3)4. The monoisotopic (exact) mass is 81.0 g/mol. The molecule has 0 aromatic carbocycles. The van der Waals surface area contributed by atoms with Crippen LogP contribution in [-0.4, -0.2) is 32.9 Å². The third kappa shape index (κ3) is 24.9. The molecule has 0 aromatic rings. The van der Waals surface area contributed by atoms with E-state index in [-0.39, 0.29) is 0 Å². The van der Waals surface area contributed by atoms with E-state index >= 15 is 0 Å². The molecule has 4 heteroatoms. The van der Waals surface area contributed by atoms with Gasteiger partial charge >= 0.3 is 0 Å². The van der Waals surface area contributed by atoms with Crippen molar-refractivity contribution in [3.05, 3.63) is 0 Å². The van der Waals surface area contributed by atoms with Crippen LogP contribution in [0.15, 0.2) is 0 Å². The highest BCUT2D eigenvalue weighted by Crippen LogP contribution is 1.38. The van der Waals surface area contributed by atoms with Gasteiger partial charge in [0, 0.05) is 0 Å². The summed E-state index contributed by atoms with van der Waals surface area (Å²) in [5.41, 5.74) is 0. The Labute approximate surface area is 33.8 Å². The minimum absolute atomic E-state index is 1.11. The third-order valence-corrected chi connectivity index (χ3v) is 0. The first-order valence-corrected chi connectivity index (χ1v) is 1.60. The molecule has 0 saturated heterocycles. The molecule has 4 heavy (non-hydrogen) atoms. The van der Waals surface area contributed by atoms with Crippen LogP contribution in [-0.2, 0) is 0 Å². The fourth-order valence-electron chi connectivity index (χ4n) is 0. The van der Waals surface area contributed by atoms with Crippen molar-refractivity contribution in [3.8, 4) is 0 Å². The summed E-state index contributed by atoms with van der Waals surface area (Å²) in [6, 6.07) is 0. The molecule has 0 heterocycles. The van der Waals surface area contributed by atoms with E-state index in [1.165, 1.54) is 0 Å². The van der Waals surface area contributed by atoms with Crippen LogP contribution in [0.1, 0.15) is 0 Å². The Balaban J connectivity index is 2.32. The first kappa shape index (κ1) is 4.46. The molecule has 0 aliphatic carbocycles. The number of rotatable bonds is 0. The summed E-state index contributed by atoms with van der Waals surface area (Å²) in [7, 11) is 10.4. The molecule has 0 fully saturated rings. The van der Waals surface area contributed by atoms with Crippen LogP contribution in [0.4, 0.5) is 0 Å². The minimum Gasteiger partial charge on any atom is -0.405 e. The summed E-state index contributed by atoms with van der Waals surface area (Å²) >= 11 is 0. The number of hydrogen-bond acceptors (Lipinski definition) is 1. The number of hydrogen-bond donors (Lipinski definition) is 0. The van der Waals surface area contributed by atoms with Gasteiger partial charge in [-0.2, -0.15) is 0 Å². The zero-order valence-electron chi connectivity index (χ0n) is 2.02. The molecule has 1 nitrogen and oxygen atoms in total. The van der Waals surface area contributed by atoms with Crippen LogP contribution in [0.3, 0.4) is 0 Å². The van der Waals surface area contributed by atoms with E-state index in [9.17, 15) is 0 Å². The largest absolute Gasteiger partial charge is 0.405 e. The average Bonchev–Trinajstić information content (AvgIpc) is 0.811. The molecule has 0 aromatic heterocycles. The van der Waals surface area contributed by atoms with Crippen LogP contribution < -0.4 is 0 Å². The molecular formula is BNSi2. The predicted octanol–water partition coefficient (Wildman–Crippen LogP) is -1.46. The Kier molecular flexibility index (Phi) is 1.95. The molecule has 0 rings (SSSR count). The van der Waals surface area contributed by atoms with Crippen molar-refractivity contribution in [3.63, 3.8) is 0 Å². The second-order valence-electron chi connectivity index (χ2n) is 0.370. The summed E-state index contributed by atoms with van der Waals surface area (Å²) in [6.07, 6.45) is 0. The van der Waals surface area contributed by atoms with Crippen molar-refractivity contribution in [2.75, 3.05) is 0 Å². The second kappa shape index (κ2) is 1.75. The smallest absolute Gasteiger partial charge is 0.163 e. The second-order valence-corrected chi connectivity index (χ2v) is 1.78. The Hall–Kier alpha value is 0.459. The first-order chi connectivity index (χ1) is 1.73. The van der Waals surface area contributed by atoms with Gasteiger partial charge < -0.3 is 4.14 Å². The van der Waals surface area contributed by atoms with Crippen LogP contribution in [0.5, 0.6) is 0 Å². The lowest BCUT2D eigenvalue weighted by atomic mass is 10.5. The highest BCUT2D eigenvalue weighted by atomic mass is 28.2. The quantitative estimate of drug-likeness (QED) is 0.322. The summed E-state index contributed by atoms with van der Waals surface area (Å²) in [4.78, 5) is 0. The Bertz CT molecular complexity index is 10.8. The van der Waals surface area contributed by atoms with Gasteiger partial charge in [-0.15, -0.1) is 0 Å². The highest BCUT2D eigenvalue weighted by Gasteiger charge is 1.62. The van der Waals surface area contributed by atoms with Crippen LogP contribution >= 0.6 is 0 Å². The molecule has 0 saturated carbocycles. The van der Waals surface area contributed by atoms with E-state index in [0.29, 0.717) is 0 Å². The fraction of sp³-hybridized carbons (Fsp3) is 0. The Morgan fingerprint density at radius 1 is 1.50 bits per heavy atom. The van der Waals surface area contributed by atoms with Gasteiger partial charge in [0.2, 0.25) is 0 Å². The van der Waals surface area contributed by atoms with Crippen molar-refractivity contribution in [1.29, 1.82) is 0 Å². The summed E-state index contributed by atoms with van der Waals surface area (Å²) in [6.45, 7) is 0. The van der Waals surface area contributed by atoms with Crippen LogP contribution in [0, 0.1) is 0 Å². The molecule has 0 aliphatic heterocycles. The SMILES string of the molecule is [B]N([Si])[Si]. The van der Waals surface area contributed by atoms with Crippen molar-refractivity contribution in [1.82, 2.24) is 4.14 Å². The number of nitrogens with zero attached hydrogens (tertiary/aromatic N) is 1. The Morgan fingerprint density at radius 2 is 1.50 bits per heavy atom. The van der Waals surface area contributed by atoms with Crippen LogP contribution in [0.2, 0.25) is 0 Å². The lowest BCUT2D eigenvalue weighted by molar-refractivity contribution is 1.18. The normalized spacial score (nSPS) is 8.75. The molecule has 0 spiro atoms.